The van der Waals surface area contributed by atoms with E-state index in [1.807, 2.05) is 61.5 Å². The van der Waals surface area contributed by atoms with E-state index < -0.39 is 0 Å². The lowest BCUT2D eigenvalue weighted by Crippen LogP contribution is -2.21. The van der Waals surface area contributed by atoms with Crippen molar-refractivity contribution in [1.29, 1.82) is 0 Å². The van der Waals surface area contributed by atoms with Gasteiger partial charge in [-0.05, 0) is 18.6 Å². The molecule has 0 saturated heterocycles. The second kappa shape index (κ2) is 8.78. The quantitative estimate of drug-likeness (QED) is 0.539. The number of hydrogen-bond donors (Lipinski definition) is 3. The molecular formula is C20H21BrN4O. The molecule has 3 aromatic rings. The average molecular weight is 413 g/mol. The zero-order valence-corrected chi connectivity index (χ0v) is 16.1. The van der Waals surface area contributed by atoms with Gasteiger partial charge in [-0.2, -0.15) is 4.98 Å². The number of nitrogens with zero attached hydrogens (tertiary/aromatic N) is 2. The van der Waals surface area contributed by atoms with E-state index >= 15 is 0 Å². The molecule has 0 unspecified atom stereocenters. The van der Waals surface area contributed by atoms with Gasteiger partial charge in [0.1, 0.15) is 5.82 Å². The number of aliphatic hydroxyl groups excluding tert-OH is 1. The molecule has 0 aliphatic heterocycles. The van der Waals surface area contributed by atoms with E-state index in [2.05, 4.69) is 42.6 Å². The molecular weight excluding hydrogens is 392 g/mol. The number of halogens is 1. The zero-order chi connectivity index (χ0) is 18.4. The van der Waals surface area contributed by atoms with Crippen LogP contribution in [-0.2, 0) is 6.54 Å². The predicted molar refractivity (Wildman–Crippen MR) is 109 cm³/mol. The molecule has 6 heteroatoms. The van der Waals surface area contributed by atoms with Crippen LogP contribution in [0.4, 0.5) is 11.8 Å². The first kappa shape index (κ1) is 18.4. The first-order valence-corrected chi connectivity index (χ1v) is 9.24. The molecule has 0 saturated carbocycles. The fourth-order valence-corrected chi connectivity index (χ4v) is 2.88. The highest BCUT2D eigenvalue weighted by molar-refractivity contribution is 9.10. The molecule has 0 bridgehead atoms. The van der Waals surface area contributed by atoms with E-state index in [-0.39, 0.29) is 12.6 Å². The summed E-state index contributed by atoms with van der Waals surface area (Å²) in [5, 5.41) is 15.8. The van der Waals surface area contributed by atoms with Gasteiger partial charge in [0.2, 0.25) is 5.95 Å². The van der Waals surface area contributed by atoms with Gasteiger partial charge in [-0.3, -0.25) is 0 Å². The zero-order valence-electron chi connectivity index (χ0n) is 14.5. The highest BCUT2D eigenvalue weighted by Gasteiger charge is 2.09. The maximum Gasteiger partial charge on any atom is 0.225 e. The number of aliphatic hydroxyl groups is 1. The number of aromatic nitrogens is 2. The molecule has 1 heterocycles. The van der Waals surface area contributed by atoms with E-state index in [9.17, 15) is 5.11 Å². The average Bonchev–Trinajstić information content (AvgIpc) is 2.68. The smallest absolute Gasteiger partial charge is 0.225 e. The van der Waals surface area contributed by atoms with E-state index in [1.165, 1.54) is 0 Å². The van der Waals surface area contributed by atoms with Crippen LogP contribution >= 0.6 is 15.9 Å². The van der Waals surface area contributed by atoms with Crippen LogP contribution in [0.3, 0.4) is 0 Å². The van der Waals surface area contributed by atoms with Crippen molar-refractivity contribution in [1.82, 2.24) is 9.97 Å². The molecule has 0 aliphatic rings. The maximum absolute atomic E-state index is 9.30. The van der Waals surface area contributed by atoms with Crippen molar-refractivity contribution in [3.8, 4) is 11.3 Å². The minimum Gasteiger partial charge on any atom is -0.394 e. The Morgan fingerprint density at radius 3 is 2.50 bits per heavy atom. The van der Waals surface area contributed by atoms with Gasteiger partial charge in [0.05, 0.1) is 12.3 Å². The SMILES string of the molecule is C[C@H](CO)Nc1nc(NCc2ccccc2Br)cc(-c2ccccc2)n1. The van der Waals surface area contributed by atoms with Gasteiger partial charge >= 0.3 is 0 Å². The number of benzene rings is 2. The number of nitrogens with one attached hydrogen (secondary N) is 2. The standard InChI is InChI=1S/C20H21BrN4O/c1-14(13-26)23-20-24-18(15-7-3-2-4-8-15)11-19(25-20)22-12-16-9-5-6-10-17(16)21/h2-11,14,26H,12-13H2,1H3,(H2,22,23,24,25)/t14-/m1/s1. The lowest BCUT2D eigenvalue weighted by molar-refractivity contribution is 0.281. The summed E-state index contributed by atoms with van der Waals surface area (Å²) in [5.74, 6) is 1.21. The van der Waals surface area contributed by atoms with Crippen LogP contribution in [0.5, 0.6) is 0 Å². The molecule has 5 nitrogen and oxygen atoms in total. The van der Waals surface area contributed by atoms with Gasteiger partial charge in [-0.25, -0.2) is 4.98 Å². The number of rotatable bonds is 7. The van der Waals surface area contributed by atoms with Gasteiger partial charge in [0, 0.05) is 28.7 Å². The first-order chi connectivity index (χ1) is 12.7. The highest BCUT2D eigenvalue weighted by Crippen LogP contribution is 2.23. The summed E-state index contributed by atoms with van der Waals surface area (Å²) in [6, 6.07) is 19.8. The van der Waals surface area contributed by atoms with Crippen molar-refractivity contribution in [3.63, 3.8) is 0 Å². The van der Waals surface area contributed by atoms with Gasteiger partial charge in [-0.1, -0.05) is 64.5 Å². The van der Waals surface area contributed by atoms with E-state index in [4.69, 9.17) is 0 Å². The third-order valence-electron chi connectivity index (χ3n) is 3.86. The van der Waals surface area contributed by atoms with Crippen molar-refractivity contribution in [3.05, 3.63) is 70.7 Å². The van der Waals surface area contributed by atoms with Crippen LogP contribution in [0.15, 0.2) is 65.1 Å². The Bertz CT molecular complexity index is 857. The summed E-state index contributed by atoms with van der Waals surface area (Å²) in [7, 11) is 0. The fraction of sp³-hybridized carbons (Fsp3) is 0.200. The predicted octanol–water partition coefficient (Wildman–Crippen LogP) is 4.31. The summed E-state index contributed by atoms with van der Waals surface area (Å²) in [6.45, 7) is 2.53. The first-order valence-electron chi connectivity index (χ1n) is 8.45. The van der Waals surface area contributed by atoms with Gasteiger partial charge in [0.25, 0.3) is 0 Å². The summed E-state index contributed by atoms with van der Waals surface area (Å²) in [5.41, 5.74) is 2.98. The van der Waals surface area contributed by atoms with Gasteiger partial charge in [0.15, 0.2) is 0 Å². The van der Waals surface area contributed by atoms with Gasteiger partial charge < -0.3 is 15.7 Å². The van der Waals surface area contributed by atoms with Crippen molar-refractivity contribution in [2.45, 2.75) is 19.5 Å². The Balaban J connectivity index is 1.88. The van der Waals surface area contributed by atoms with Gasteiger partial charge in [-0.15, -0.1) is 0 Å². The molecule has 0 amide bonds. The molecule has 0 spiro atoms. The van der Waals surface area contributed by atoms with Crippen LogP contribution in [0.2, 0.25) is 0 Å². The van der Waals surface area contributed by atoms with E-state index in [0.29, 0.717) is 12.5 Å². The topological polar surface area (TPSA) is 70.1 Å². The lowest BCUT2D eigenvalue weighted by Gasteiger charge is -2.14. The molecule has 26 heavy (non-hydrogen) atoms. The molecule has 0 fully saturated rings. The molecule has 3 rings (SSSR count). The molecule has 1 aromatic heterocycles. The summed E-state index contributed by atoms with van der Waals surface area (Å²) in [4.78, 5) is 9.11. The van der Waals surface area contributed by atoms with Crippen LogP contribution < -0.4 is 10.6 Å². The fourth-order valence-electron chi connectivity index (χ4n) is 2.45. The lowest BCUT2D eigenvalue weighted by atomic mass is 10.1. The second-order valence-corrected chi connectivity index (χ2v) is 6.86. The Labute approximate surface area is 161 Å². The molecule has 1 atom stereocenters. The van der Waals surface area contributed by atoms with Crippen LogP contribution in [-0.4, -0.2) is 27.7 Å². The molecule has 0 radical (unpaired) electrons. The maximum atomic E-state index is 9.30. The minimum atomic E-state index is -0.128. The third kappa shape index (κ3) is 4.80. The van der Waals surface area contributed by atoms with Crippen LogP contribution in [0, 0.1) is 0 Å². The largest absolute Gasteiger partial charge is 0.394 e. The molecule has 0 aliphatic carbocycles. The number of hydrogen-bond acceptors (Lipinski definition) is 5. The second-order valence-electron chi connectivity index (χ2n) is 6.00. The minimum absolute atomic E-state index is 0.0125. The van der Waals surface area contributed by atoms with Crippen molar-refractivity contribution >= 4 is 27.7 Å². The Hall–Kier alpha value is -2.44. The van der Waals surface area contributed by atoms with E-state index in [0.717, 1.165) is 27.1 Å². The highest BCUT2D eigenvalue weighted by atomic mass is 79.9. The molecule has 2 aromatic carbocycles. The van der Waals surface area contributed by atoms with Crippen LogP contribution in [0.25, 0.3) is 11.3 Å². The Morgan fingerprint density at radius 1 is 1.04 bits per heavy atom. The summed E-state index contributed by atoms with van der Waals surface area (Å²) >= 11 is 3.56. The van der Waals surface area contributed by atoms with Crippen molar-refractivity contribution in [2.24, 2.45) is 0 Å². The Kier molecular flexibility index (Phi) is 6.20. The summed E-state index contributed by atoms with van der Waals surface area (Å²) in [6.07, 6.45) is 0. The van der Waals surface area contributed by atoms with Crippen LogP contribution in [0.1, 0.15) is 12.5 Å². The Morgan fingerprint density at radius 2 is 1.77 bits per heavy atom. The number of anilines is 2. The summed E-state index contributed by atoms with van der Waals surface area (Å²) < 4.78 is 1.05. The van der Waals surface area contributed by atoms with Crippen molar-refractivity contribution < 1.29 is 5.11 Å². The van der Waals surface area contributed by atoms with Crippen molar-refractivity contribution in [2.75, 3.05) is 17.2 Å². The van der Waals surface area contributed by atoms with E-state index in [1.54, 1.807) is 0 Å². The monoisotopic (exact) mass is 412 g/mol. The molecule has 3 N–H and O–H groups in total. The third-order valence-corrected chi connectivity index (χ3v) is 4.64. The normalized spacial score (nSPS) is 11.8. The molecule has 134 valence electrons.